The van der Waals surface area contributed by atoms with Crippen LogP contribution in [0.25, 0.3) is 0 Å². The number of rotatable bonds is 10. The van der Waals surface area contributed by atoms with E-state index in [9.17, 15) is 0 Å². The highest BCUT2D eigenvalue weighted by Gasteiger charge is 1.95. The average Bonchev–Trinajstić information content (AvgIpc) is 2.46. The first-order valence-corrected chi connectivity index (χ1v) is 6.14. The van der Waals surface area contributed by atoms with Crippen LogP contribution < -0.4 is 4.74 Å². The number of hydrogen-bond donors (Lipinski definition) is 0. The number of methoxy groups -OCH3 is 1. The lowest BCUT2D eigenvalue weighted by Gasteiger charge is -2.07. The van der Waals surface area contributed by atoms with Crippen LogP contribution in [0.4, 0.5) is 0 Å². The van der Waals surface area contributed by atoms with Crippen molar-refractivity contribution in [2.75, 3.05) is 46.8 Å². The van der Waals surface area contributed by atoms with Crippen molar-refractivity contribution in [1.82, 2.24) is 0 Å². The fraction of sp³-hybridized carbons (Fsp3) is 0.500. The number of hydrogen-bond acceptors (Lipinski definition) is 5. The minimum absolute atomic E-state index is 0.476. The fourth-order valence-electron chi connectivity index (χ4n) is 1.31. The zero-order valence-corrected chi connectivity index (χ0v) is 11.1. The largest absolute Gasteiger partial charge is 0.491 e. The molecule has 0 aromatic heterocycles. The highest BCUT2D eigenvalue weighted by atomic mass is 16.6. The fourth-order valence-corrected chi connectivity index (χ4v) is 1.31. The molecule has 0 spiro atoms. The second kappa shape index (κ2) is 10.3. The molecule has 0 saturated carbocycles. The third-order valence-corrected chi connectivity index (χ3v) is 2.28. The van der Waals surface area contributed by atoms with Gasteiger partial charge in [0.2, 0.25) is 0 Å². The molecule has 5 heteroatoms. The first kappa shape index (κ1) is 15.4. The van der Waals surface area contributed by atoms with E-state index in [2.05, 4.69) is 6.07 Å². The Morgan fingerprint density at radius 2 is 1.47 bits per heavy atom. The Labute approximate surface area is 113 Å². The summed E-state index contributed by atoms with van der Waals surface area (Å²) in [6.07, 6.45) is 0. The number of nitrogens with zero attached hydrogens (tertiary/aromatic N) is 1. The number of nitriles is 1. The van der Waals surface area contributed by atoms with Gasteiger partial charge in [-0.15, -0.1) is 0 Å². The lowest BCUT2D eigenvalue weighted by Crippen LogP contribution is -2.12. The van der Waals surface area contributed by atoms with Crippen LogP contribution >= 0.6 is 0 Å². The Morgan fingerprint density at radius 3 is 2.05 bits per heavy atom. The molecule has 0 aliphatic heterocycles. The van der Waals surface area contributed by atoms with Gasteiger partial charge in [-0.2, -0.15) is 5.26 Å². The van der Waals surface area contributed by atoms with Gasteiger partial charge in [0.15, 0.2) is 0 Å². The molecular formula is C14H19NO4. The van der Waals surface area contributed by atoms with Gasteiger partial charge in [-0.3, -0.25) is 0 Å². The molecular weight excluding hydrogens is 246 g/mol. The van der Waals surface area contributed by atoms with Crippen LogP contribution in [0.1, 0.15) is 5.56 Å². The molecule has 1 aromatic rings. The monoisotopic (exact) mass is 265 g/mol. The van der Waals surface area contributed by atoms with E-state index in [4.69, 9.17) is 24.2 Å². The molecule has 0 amide bonds. The van der Waals surface area contributed by atoms with Gasteiger partial charge in [0.25, 0.3) is 0 Å². The van der Waals surface area contributed by atoms with Crippen LogP contribution in [0.15, 0.2) is 24.3 Å². The van der Waals surface area contributed by atoms with E-state index >= 15 is 0 Å². The van der Waals surface area contributed by atoms with Crippen molar-refractivity contribution < 1.29 is 18.9 Å². The van der Waals surface area contributed by atoms with Crippen LogP contribution in [0.3, 0.4) is 0 Å². The minimum atomic E-state index is 0.476. The van der Waals surface area contributed by atoms with Crippen molar-refractivity contribution >= 4 is 0 Å². The van der Waals surface area contributed by atoms with Crippen LogP contribution in [0.2, 0.25) is 0 Å². The van der Waals surface area contributed by atoms with Crippen LogP contribution in [-0.4, -0.2) is 46.8 Å². The van der Waals surface area contributed by atoms with Gasteiger partial charge in [-0.05, 0) is 24.3 Å². The highest BCUT2D eigenvalue weighted by molar-refractivity contribution is 5.34. The Hall–Kier alpha value is -1.61. The Bertz CT molecular complexity index is 372. The first-order valence-electron chi connectivity index (χ1n) is 6.14. The Morgan fingerprint density at radius 1 is 0.895 bits per heavy atom. The topological polar surface area (TPSA) is 60.7 Å². The van der Waals surface area contributed by atoms with Gasteiger partial charge in [-0.1, -0.05) is 0 Å². The Kier molecular flexibility index (Phi) is 8.39. The maximum atomic E-state index is 8.65. The van der Waals surface area contributed by atoms with E-state index in [1.54, 1.807) is 31.4 Å². The van der Waals surface area contributed by atoms with Crippen molar-refractivity contribution in [3.8, 4) is 11.8 Å². The van der Waals surface area contributed by atoms with Crippen LogP contribution in [0.5, 0.6) is 5.75 Å². The SMILES string of the molecule is COCCOCCOCCOc1ccc(C#N)cc1. The zero-order chi connectivity index (χ0) is 13.8. The average molecular weight is 265 g/mol. The maximum absolute atomic E-state index is 8.65. The van der Waals surface area contributed by atoms with Gasteiger partial charge in [0.1, 0.15) is 12.4 Å². The predicted octanol–water partition coefficient (Wildman–Crippen LogP) is 1.62. The third-order valence-electron chi connectivity index (χ3n) is 2.28. The summed E-state index contributed by atoms with van der Waals surface area (Å²) in [5.41, 5.74) is 0.622. The summed E-state index contributed by atoms with van der Waals surface area (Å²) in [4.78, 5) is 0. The third kappa shape index (κ3) is 7.42. The molecule has 19 heavy (non-hydrogen) atoms. The van der Waals surface area contributed by atoms with E-state index in [-0.39, 0.29) is 0 Å². The summed E-state index contributed by atoms with van der Waals surface area (Å²) < 4.78 is 20.9. The molecule has 0 atom stereocenters. The van der Waals surface area contributed by atoms with Crippen molar-refractivity contribution in [2.45, 2.75) is 0 Å². The molecule has 0 fully saturated rings. The molecule has 0 bridgehead atoms. The second-order valence-electron chi connectivity index (χ2n) is 3.70. The van der Waals surface area contributed by atoms with E-state index in [0.29, 0.717) is 45.2 Å². The summed E-state index contributed by atoms with van der Waals surface area (Å²) >= 11 is 0. The molecule has 0 aliphatic carbocycles. The molecule has 5 nitrogen and oxygen atoms in total. The lowest BCUT2D eigenvalue weighted by molar-refractivity contribution is 0.0180. The Balaban J connectivity index is 1.97. The molecule has 0 unspecified atom stereocenters. The molecule has 1 rings (SSSR count). The van der Waals surface area contributed by atoms with E-state index in [1.165, 1.54) is 0 Å². The van der Waals surface area contributed by atoms with Crippen LogP contribution in [-0.2, 0) is 14.2 Å². The van der Waals surface area contributed by atoms with E-state index in [1.807, 2.05) is 0 Å². The standard InChI is InChI=1S/C14H19NO4/c1-16-6-7-17-8-9-18-10-11-19-14-4-2-13(12-15)3-5-14/h2-5H,6-11H2,1H3. The maximum Gasteiger partial charge on any atom is 0.119 e. The van der Waals surface area contributed by atoms with Gasteiger partial charge >= 0.3 is 0 Å². The highest BCUT2D eigenvalue weighted by Crippen LogP contribution is 2.11. The van der Waals surface area contributed by atoms with Gasteiger partial charge < -0.3 is 18.9 Å². The molecule has 1 aromatic carbocycles. The molecule has 0 saturated heterocycles. The van der Waals surface area contributed by atoms with E-state index < -0.39 is 0 Å². The van der Waals surface area contributed by atoms with Crippen molar-refractivity contribution in [3.63, 3.8) is 0 Å². The molecule has 0 aliphatic rings. The second-order valence-corrected chi connectivity index (χ2v) is 3.70. The number of benzene rings is 1. The van der Waals surface area contributed by atoms with Crippen LogP contribution in [0, 0.1) is 11.3 Å². The normalized spacial score (nSPS) is 10.1. The molecule has 0 heterocycles. The molecule has 104 valence electrons. The van der Waals surface area contributed by atoms with Crippen molar-refractivity contribution in [2.24, 2.45) is 0 Å². The van der Waals surface area contributed by atoms with E-state index in [0.717, 1.165) is 5.75 Å². The summed E-state index contributed by atoms with van der Waals surface area (Å²) in [6.45, 7) is 3.27. The molecule has 0 radical (unpaired) electrons. The molecule has 0 N–H and O–H groups in total. The summed E-state index contributed by atoms with van der Waals surface area (Å²) in [6, 6.07) is 9.04. The summed E-state index contributed by atoms with van der Waals surface area (Å²) in [5, 5.41) is 8.65. The van der Waals surface area contributed by atoms with Gasteiger partial charge in [-0.25, -0.2) is 0 Å². The minimum Gasteiger partial charge on any atom is -0.491 e. The zero-order valence-electron chi connectivity index (χ0n) is 11.1. The predicted molar refractivity (Wildman–Crippen MR) is 70.2 cm³/mol. The van der Waals surface area contributed by atoms with Gasteiger partial charge in [0.05, 0.1) is 44.7 Å². The van der Waals surface area contributed by atoms with Crippen molar-refractivity contribution in [1.29, 1.82) is 5.26 Å². The summed E-state index contributed by atoms with van der Waals surface area (Å²) in [5.74, 6) is 0.735. The number of ether oxygens (including phenoxy) is 4. The van der Waals surface area contributed by atoms with Gasteiger partial charge in [0, 0.05) is 7.11 Å². The lowest BCUT2D eigenvalue weighted by atomic mass is 10.2. The first-order chi connectivity index (χ1) is 9.36. The quantitative estimate of drug-likeness (QED) is 0.602. The van der Waals surface area contributed by atoms with Crippen molar-refractivity contribution in [3.05, 3.63) is 29.8 Å². The smallest absolute Gasteiger partial charge is 0.119 e. The summed E-state index contributed by atoms with van der Waals surface area (Å²) in [7, 11) is 1.64.